The van der Waals surface area contributed by atoms with Crippen molar-refractivity contribution < 1.29 is 23.7 Å². The smallest absolute Gasteiger partial charge is 0.223 e. The summed E-state index contributed by atoms with van der Waals surface area (Å²) in [4.78, 5) is 13.4. The molecule has 9 nitrogen and oxygen atoms in total. The van der Waals surface area contributed by atoms with Gasteiger partial charge in [0.15, 0.2) is 11.6 Å². The average molecular weight is 492 g/mol. The van der Waals surface area contributed by atoms with Gasteiger partial charge >= 0.3 is 0 Å². The van der Waals surface area contributed by atoms with Crippen LogP contribution in [-0.2, 0) is 15.1 Å². The molecule has 3 aromatic rings. The molecule has 0 radical (unpaired) electrons. The van der Waals surface area contributed by atoms with Crippen molar-refractivity contribution in [2.45, 2.75) is 51.0 Å². The van der Waals surface area contributed by atoms with Gasteiger partial charge in [0.05, 0.1) is 41.7 Å². The second-order valence-corrected chi connectivity index (χ2v) is 9.59. The van der Waals surface area contributed by atoms with Crippen molar-refractivity contribution in [2.24, 2.45) is 0 Å². The number of ether oxygens (including phenoxy) is 3. The molecule has 0 spiro atoms. The maximum atomic E-state index is 15.4. The molecule has 3 atom stereocenters. The molecular formula is C23H27ClFN5O4. The number of hydrogen-bond acceptors (Lipinski definition) is 8. The predicted molar refractivity (Wildman–Crippen MR) is 125 cm³/mol. The minimum atomic E-state index is -0.733. The largest absolute Gasteiger partial charge is 0.488 e. The van der Waals surface area contributed by atoms with Gasteiger partial charge in [0.2, 0.25) is 5.95 Å². The number of anilines is 1. The second kappa shape index (κ2) is 8.60. The van der Waals surface area contributed by atoms with Crippen LogP contribution in [0.3, 0.4) is 0 Å². The minimum absolute atomic E-state index is 0.0790. The molecule has 4 heterocycles. The zero-order valence-electron chi connectivity index (χ0n) is 19.4. The van der Waals surface area contributed by atoms with E-state index < -0.39 is 17.5 Å². The number of aromatic nitrogens is 4. The van der Waals surface area contributed by atoms with Crippen LogP contribution in [0.2, 0.25) is 5.02 Å². The quantitative estimate of drug-likeness (QED) is 0.557. The molecule has 2 aliphatic rings. The van der Waals surface area contributed by atoms with Crippen molar-refractivity contribution in [2.75, 3.05) is 32.2 Å². The highest BCUT2D eigenvalue weighted by Gasteiger charge is 2.35. The fraction of sp³-hybridized carbons (Fsp3) is 0.522. The predicted octanol–water partition coefficient (Wildman–Crippen LogP) is 3.68. The van der Waals surface area contributed by atoms with Crippen LogP contribution in [0.5, 0.6) is 5.75 Å². The zero-order valence-corrected chi connectivity index (χ0v) is 20.2. The molecule has 11 heteroatoms. The van der Waals surface area contributed by atoms with E-state index in [0.717, 1.165) is 0 Å². The molecule has 2 aromatic heterocycles. The third-order valence-corrected chi connectivity index (χ3v) is 6.74. The van der Waals surface area contributed by atoms with Crippen LogP contribution in [0.25, 0.3) is 22.3 Å². The zero-order chi connectivity index (χ0) is 24.2. The van der Waals surface area contributed by atoms with Crippen LogP contribution >= 0.6 is 11.6 Å². The minimum Gasteiger partial charge on any atom is -0.488 e. The number of rotatable bonds is 5. The van der Waals surface area contributed by atoms with Crippen molar-refractivity contribution in [3.63, 3.8) is 0 Å². The highest BCUT2D eigenvalue weighted by Crippen LogP contribution is 2.45. The van der Waals surface area contributed by atoms with E-state index in [1.165, 1.54) is 12.3 Å². The molecule has 2 aliphatic heterocycles. The number of nitrogens with one attached hydrogen (secondary N) is 1. The Bertz CT molecular complexity index is 1250. The lowest BCUT2D eigenvalue weighted by molar-refractivity contribution is -0.0136. The molecule has 2 N–H and O–H groups in total. The van der Waals surface area contributed by atoms with Gasteiger partial charge in [0.25, 0.3) is 0 Å². The third-order valence-electron chi connectivity index (χ3n) is 6.47. The lowest BCUT2D eigenvalue weighted by atomic mass is 10.1. The Morgan fingerprint density at radius 2 is 2.12 bits per heavy atom. The first kappa shape index (κ1) is 23.2. The Morgan fingerprint density at radius 1 is 1.32 bits per heavy atom. The second-order valence-electron chi connectivity index (χ2n) is 9.18. The summed E-state index contributed by atoms with van der Waals surface area (Å²) in [6.07, 6.45) is 1.37. The summed E-state index contributed by atoms with van der Waals surface area (Å²) in [5.74, 6) is 0.833. The molecule has 1 fully saturated rings. The first-order chi connectivity index (χ1) is 16.2. The Labute approximate surface area is 201 Å². The summed E-state index contributed by atoms with van der Waals surface area (Å²) in [6, 6.07) is 0.998. The summed E-state index contributed by atoms with van der Waals surface area (Å²) >= 11 is 6.48. The van der Waals surface area contributed by atoms with Crippen LogP contribution in [0, 0.1) is 5.82 Å². The van der Waals surface area contributed by atoms with E-state index >= 15 is 4.39 Å². The molecule has 0 bridgehead atoms. The summed E-state index contributed by atoms with van der Waals surface area (Å²) in [6.45, 7) is 6.90. The Morgan fingerprint density at radius 3 is 2.85 bits per heavy atom. The molecule has 34 heavy (non-hydrogen) atoms. The monoisotopic (exact) mass is 491 g/mol. The molecule has 182 valence electrons. The van der Waals surface area contributed by atoms with Gasteiger partial charge in [-0.25, -0.2) is 19.3 Å². The maximum Gasteiger partial charge on any atom is 0.223 e. The highest BCUT2D eigenvalue weighted by atomic mass is 35.5. The van der Waals surface area contributed by atoms with Gasteiger partial charge < -0.3 is 29.2 Å². The number of nitrogens with zero attached hydrogens (tertiary/aromatic N) is 4. The number of hydrogen-bond donors (Lipinski definition) is 2. The van der Waals surface area contributed by atoms with E-state index in [9.17, 15) is 5.11 Å². The Kier molecular flexibility index (Phi) is 5.87. The van der Waals surface area contributed by atoms with Gasteiger partial charge in [0.1, 0.15) is 29.1 Å². The molecule has 1 saturated heterocycles. The summed E-state index contributed by atoms with van der Waals surface area (Å²) < 4.78 is 34.4. The van der Waals surface area contributed by atoms with E-state index in [1.807, 2.05) is 25.3 Å². The fourth-order valence-corrected chi connectivity index (χ4v) is 4.63. The van der Waals surface area contributed by atoms with Crippen molar-refractivity contribution in [3.8, 4) is 17.0 Å². The number of methoxy groups -OCH3 is 1. The van der Waals surface area contributed by atoms with Crippen molar-refractivity contribution in [1.29, 1.82) is 0 Å². The number of aliphatic hydroxyl groups is 1. The van der Waals surface area contributed by atoms with Crippen LogP contribution in [0.15, 0.2) is 12.3 Å². The lowest BCUT2D eigenvalue weighted by Crippen LogP contribution is -2.42. The first-order valence-electron chi connectivity index (χ1n) is 11.2. The van der Waals surface area contributed by atoms with Crippen molar-refractivity contribution >= 4 is 28.6 Å². The van der Waals surface area contributed by atoms with Crippen LogP contribution < -0.4 is 10.1 Å². The molecular weight excluding hydrogens is 465 g/mol. The van der Waals surface area contributed by atoms with E-state index in [4.69, 9.17) is 25.8 Å². The van der Waals surface area contributed by atoms with Crippen LogP contribution in [0.1, 0.15) is 39.1 Å². The summed E-state index contributed by atoms with van der Waals surface area (Å²) in [7, 11) is 1.60. The SMILES string of the molecule is COC(C)(C)c1nc2c(F)cc(-c3nc(NC4CCOCC4O)ncc3Cl)c3c2n1C(C)CO3. The number of imidazole rings is 1. The molecule has 0 amide bonds. The van der Waals surface area contributed by atoms with Gasteiger partial charge in [-0.2, -0.15) is 0 Å². The topological polar surface area (TPSA) is 104 Å². The molecule has 0 saturated carbocycles. The normalized spacial score (nSPS) is 22.6. The van der Waals surface area contributed by atoms with Crippen LogP contribution in [0.4, 0.5) is 10.3 Å². The number of aliphatic hydroxyl groups excluding tert-OH is 1. The van der Waals surface area contributed by atoms with Gasteiger partial charge in [-0.1, -0.05) is 11.6 Å². The van der Waals surface area contributed by atoms with Gasteiger partial charge in [-0.05, 0) is 33.3 Å². The molecule has 5 rings (SSSR count). The lowest BCUT2D eigenvalue weighted by Gasteiger charge is -2.30. The van der Waals surface area contributed by atoms with E-state index in [1.54, 1.807) is 7.11 Å². The van der Waals surface area contributed by atoms with Gasteiger partial charge in [-0.15, -0.1) is 0 Å². The Hall–Kier alpha value is -2.53. The summed E-state index contributed by atoms with van der Waals surface area (Å²) in [5, 5.41) is 13.6. The third kappa shape index (κ3) is 3.78. The molecule has 1 aromatic carbocycles. The van der Waals surface area contributed by atoms with Crippen molar-refractivity contribution in [3.05, 3.63) is 28.9 Å². The first-order valence-corrected chi connectivity index (χ1v) is 11.6. The molecule has 0 aliphatic carbocycles. The van der Waals surface area contributed by atoms with Crippen molar-refractivity contribution in [1.82, 2.24) is 19.5 Å². The van der Waals surface area contributed by atoms with E-state index in [2.05, 4.69) is 20.3 Å². The Balaban J connectivity index is 1.66. The van der Waals surface area contributed by atoms with E-state index in [-0.39, 0.29) is 35.2 Å². The highest BCUT2D eigenvalue weighted by molar-refractivity contribution is 6.33. The van der Waals surface area contributed by atoms with Gasteiger partial charge in [-0.3, -0.25) is 0 Å². The van der Waals surface area contributed by atoms with Crippen LogP contribution in [-0.4, -0.2) is 63.7 Å². The maximum absolute atomic E-state index is 15.4. The fourth-order valence-electron chi connectivity index (χ4n) is 4.43. The van der Waals surface area contributed by atoms with Gasteiger partial charge in [0, 0.05) is 19.3 Å². The number of benzene rings is 1. The van der Waals surface area contributed by atoms with E-state index in [0.29, 0.717) is 48.0 Å². The number of halogens is 2. The molecule has 3 unspecified atom stereocenters. The summed E-state index contributed by atoms with van der Waals surface area (Å²) in [5.41, 5.74) is 0.745. The standard InChI is InChI=1S/C23H27ClFN5O4/c1-11-9-34-20-12(7-14(25)18-19(20)30(11)21(28-18)23(2,3)32-4)17-13(24)8-26-22(29-17)27-15-5-6-33-10-16(15)31/h7-8,11,15-16,31H,5-6,9-10H2,1-4H3,(H,26,27,29). The average Bonchev–Trinajstić information content (AvgIpc) is 3.24.